The molecular weight excluding hydrogens is 454 g/mol. The first-order chi connectivity index (χ1) is 17.3. The summed E-state index contributed by atoms with van der Waals surface area (Å²) in [5.74, 6) is 0. The monoisotopic (exact) mass is 477 g/mol. The predicted octanol–water partition coefficient (Wildman–Crippen LogP) is 5.89. The number of hydrogen-bond donors (Lipinski definition) is 2. The van der Waals surface area contributed by atoms with Gasteiger partial charge in [0.05, 0.1) is 5.69 Å². The fraction of sp³-hybridized carbons (Fsp3) is 0.185. The molecule has 1 aliphatic heterocycles. The van der Waals surface area contributed by atoms with E-state index in [1.54, 1.807) is 11.3 Å². The van der Waals surface area contributed by atoms with Crippen molar-refractivity contribution in [1.82, 2.24) is 35.0 Å². The van der Waals surface area contributed by atoms with Gasteiger partial charge < -0.3 is 4.98 Å². The topological polar surface area (TPSA) is 86.4 Å². The van der Waals surface area contributed by atoms with E-state index in [0.29, 0.717) is 0 Å². The fourth-order valence-electron chi connectivity index (χ4n) is 5.02. The van der Waals surface area contributed by atoms with Crippen molar-refractivity contribution in [3.8, 4) is 33.6 Å². The van der Waals surface area contributed by atoms with Crippen molar-refractivity contribution in [3.05, 3.63) is 71.4 Å². The molecule has 6 aromatic heterocycles. The van der Waals surface area contributed by atoms with Gasteiger partial charge in [-0.15, -0.1) is 0 Å². The summed E-state index contributed by atoms with van der Waals surface area (Å²) in [6, 6.07) is 10.7. The van der Waals surface area contributed by atoms with Gasteiger partial charge in [0.15, 0.2) is 5.65 Å². The van der Waals surface area contributed by atoms with Gasteiger partial charge in [-0.3, -0.25) is 15.0 Å². The average molecular weight is 478 g/mol. The summed E-state index contributed by atoms with van der Waals surface area (Å²) in [6.07, 6.45) is 10.2. The molecule has 0 unspecified atom stereocenters. The molecule has 1 fully saturated rings. The minimum Gasteiger partial charge on any atom is -0.338 e. The minimum atomic E-state index is 0.759. The van der Waals surface area contributed by atoms with Gasteiger partial charge in [0.2, 0.25) is 0 Å². The Balaban J connectivity index is 1.28. The van der Waals surface area contributed by atoms with E-state index in [4.69, 9.17) is 0 Å². The van der Waals surface area contributed by atoms with Crippen LogP contribution in [0.15, 0.2) is 65.9 Å². The molecule has 0 saturated carbocycles. The molecule has 0 atom stereocenters. The molecule has 172 valence electrons. The SMILES string of the molecule is c1cc(-c2ccsc2)c2cc(-c3n[nH]c4ncc(-c5cncc(CN6CCCC6)c5)cc34)[nH]c2n1. The van der Waals surface area contributed by atoms with Crippen LogP contribution in [-0.4, -0.2) is 48.1 Å². The zero-order valence-corrected chi connectivity index (χ0v) is 19.8. The molecule has 6 aromatic rings. The molecule has 8 heteroatoms. The molecule has 1 aliphatic rings. The van der Waals surface area contributed by atoms with Crippen molar-refractivity contribution < 1.29 is 0 Å². The van der Waals surface area contributed by atoms with Crippen LogP contribution < -0.4 is 0 Å². The number of nitrogens with one attached hydrogen (secondary N) is 2. The fourth-order valence-corrected chi connectivity index (χ4v) is 5.68. The van der Waals surface area contributed by atoms with Crippen LogP contribution >= 0.6 is 11.3 Å². The van der Waals surface area contributed by atoms with Crippen molar-refractivity contribution in [2.24, 2.45) is 0 Å². The summed E-state index contributed by atoms with van der Waals surface area (Å²) in [7, 11) is 0. The highest BCUT2D eigenvalue weighted by molar-refractivity contribution is 7.08. The van der Waals surface area contributed by atoms with Gasteiger partial charge in [0, 0.05) is 53.2 Å². The lowest BCUT2D eigenvalue weighted by atomic mass is 10.0. The van der Waals surface area contributed by atoms with E-state index in [1.165, 1.54) is 42.6 Å². The number of hydrogen-bond acceptors (Lipinski definition) is 6. The summed E-state index contributed by atoms with van der Waals surface area (Å²) < 4.78 is 0. The maximum atomic E-state index is 4.66. The molecule has 7 rings (SSSR count). The zero-order chi connectivity index (χ0) is 23.2. The number of aromatic amines is 2. The van der Waals surface area contributed by atoms with Gasteiger partial charge in [-0.25, -0.2) is 9.97 Å². The lowest BCUT2D eigenvalue weighted by Gasteiger charge is -2.14. The summed E-state index contributed by atoms with van der Waals surface area (Å²) in [6.45, 7) is 3.29. The quantitative estimate of drug-likeness (QED) is 0.323. The first-order valence-electron chi connectivity index (χ1n) is 11.8. The summed E-state index contributed by atoms with van der Waals surface area (Å²) in [5, 5.41) is 14.0. The second kappa shape index (κ2) is 8.41. The summed E-state index contributed by atoms with van der Waals surface area (Å²) >= 11 is 1.69. The van der Waals surface area contributed by atoms with Crippen molar-refractivity contribution in [2.45, 2.75) is 19.4 Å². The van der Waals surface area contributed by atoms with E-state index in [-0.39, 0.29) is 0 Å². The highest BCUT2D eigenvalue weighted by atomic mass is 32.1. The van der Waals surface area contributed by atoms with Gasteiger partial charge in [-0.05, 0) is 83.7 Å². The number of fused-ring (bicyclic) bond motifs is 2. The molecular formula is C27H23N7S. The Kier molecular flexibility index (Phi) is 4.92. The van der Waals surface area contributed by atoms with E-state index in [2.05, 4.69) is 76.1 Å². The third kappa shape index (κ3) is 3.71. The molecule has 0 spiro atoms. The number of pyridine rings is 3. The maximum absolute atomic E-state index is 4.66. The lowest BCUT2D eigenvalue weighted by Crippen LogP contribution is -2.18. The van der Waals surface area contributed by atoms with Crippen molar-refractivity contribution in [3.63, 3.8) is 0 Å². The number of aromatic nitrogens is 6. The van der Waals surface area contributed by atoms with E-state index < -0.39 is 0 Å². The predicted molar refractivity (Wildman–Crippen MR) is 140 cm³/mol. The molecule has 35 heavy (non-hydrogen) atoms. The Labute approximate surface area is 205 Å². The van der Waals surface area contributed by atoms with Crippen LogP contribution in [0.2, 0.25) is 0 Å². The van der Waals surface area contributed by atoms with Crippen molar-refractivity contribution >= 4 is 33.4 Å². The van der Waals surface area contributed by atoms with E-state index in [9.17, 15) is 0 Å². The standard InChI is InChI=1S/C27H23N7S/c1-2-7-34(6-1)15-17-9-19(13-28-12-17)20-10-23-25(32-33-27(23)30-14-20)24-11-22-21(18-4-8-35-16-18)3-5-29-26(22)31-24/h3-5,8-14,16H,1-2,6-7,15H2,(H,29,31)(H,30,32,33). The van der Waals surface area contributed by atoms with Crippen LogP contribution in [0.1, 0.15) is 18.4 Å². The van der Waals surface area contributed by atoms with Crippen LogP contribution in [0.4, 0.5) is 0 Å². The second-order valence-corrected chi connectivity index (χ2v) is 9.85. The Bertz CT molecular complexity index is 1640. The summed E-state index contributed by atoms with van der Waals surface area (Å²) in [5.41, 5.74) is 9.07. The number of likely N-dealkylation sites (tertiary alicyclic amines) is 1. The third-order valence-corrected chi connectivity index (χ3v) is 7.45. The highest BCUT2D eigenvalue weighted by Crippen LogP contribution is 2.34. The van der Waals surface area contributed by atoms with E-state index in [0.717, 1.165) is 51.1 Å². The summed E-state index contributed by atoms with van der Waals surface area (Å²) in [4.78, 5) is 19.7. The molecule has 0 bridgehead atoms. The molecule has 0 aliphatic carbocycles. The van der Waals surface area contributed by atoms with Gasteiger partial charge >= 0.3 is 0 Å². The molecule has 1 saturated heterocycles. The smallest absolute Gasteiger partial charge is 0.155 e. The average Bonchev–Trinajstić information content (AvgIpc) is 3.70. The molecule has 0 aromatic carbocycles. The number of rotatable bonds is 5. The van der Waals surface area contributed by atoms with Crippen LogP contribution in [0, 0.1) is 0 Å². The minimum absolute atomic E-state index is 0.759. The number of thiophene rings is 1. The Morgan fingerprint density at radius 1 is 0.886 bits per heavy atom. The Hall–Kier alpha value is -3.88. The molecule has 7 nitrogen and oxygen atoms in total. The highest BCUT2D eigenvalue weighted by Gasteiger charge is 2.16. The Morgan fingerprint density at radius 3 is 2.69 bits per heavy atom. The first-order valence-corrected chi connectivity index (χ1v) is 12.8. The number of H-pyrrole nitrogens is 2. The normalized spacial score (nSPS) is 14.4. The third-order valence-electron chi connectivity index (χ3n) is 6.77. The van der Waals surface area contributed by atoms with Crippen molar-refractivity contribution in [2.75, 3.05) is 13.1 Å². The molecule has 2 N–H and O–H groups in total. The van der Waals surface area contributed by atoms with Gasteiger partial charge in [-0.2, -0.15) is 16.4 Å². The molecule has 0 radical (unpaired) electrons. The van der Waals surface area contributed by atoms with Crippen LogP contribution in [-0.2, 0) is 6.54 Å². The Morgan fingerprint density at radius 2 is 1.80 bits per heavy atom. The van der Waals surface area contributed by atoms with Gasteiger partial charge in [0.25, 0.3) is 0 Å². The van der Waals surface area contributed by atoms with Crippen molar-refractivity contribution in [1.29, 1.82) is 0 Å². The van der Waals surface area contributed by atoms with Crippen LogP contribution in [0.25, 0.3) is 55.7 Å². The number of nitrogens with zero attached hydrogens (tertiary/aromatic N) is 5. The molecule has 7 heterocycles. The van der Waals surface area contributed by atoms with Gasteiger partial charge in [0.1, 0.15) is 11.3 Å². The zero-order valence-electron chi connectivity index (χ0n) is 19.0. The maximum Gasteiger partial charge on any atom is 0.155 e. The van der Waals surface area contributed by atoms with Crippen LogP contribution in [0.3, 0.4) is 0 Å². The van der Waals surface area contributed by atoms with E-state index >= 15 is 0 Å². The molecule has 0 amide bonds. The van der Waals surface area contributed by atoms with E-state index in [1.807, 2.05) is 24.8 Å². The first kappa shape index (κ1) is 20.5. The largest absolute Gasteiger partial charge is 0.338 e. The lowest BCUT2D eigenvalue weighted by molar-refractivity contribution is 0.331. The second-order valence-electron chi connectivity index (χ2n) is 9.07. The van der Waals surface area contributed by atoms with Gasteiger partial charge in [-0.1, -0.05) is 0 Å². The van der Waals surface area contributed by atoms with Crippen LogP contribution in [0.5, 0.6) is 0 Å².